The maximum Gasteiger partial charge on any atom is 0.331 e. The monoisotopic (exact) mass is 227 g/mol. The molecule has 0 heterocycles. The number of carbonyl (C=O) groups is 2. The summed E-state index contributed by atoms with van der Waals surface area (Å²) in [6, 6.07) is 0. The van der Waals surface area contributed by atoms with Crippen molar-refractivity contribution in [1.29, 1.82) is 0 Å². The standard InChI is InChI=1S/C11H17NO4/c1-7(8(2)10(15)16)9(14)12-5-11(6-13)3-4-11/h13H,3-6H2,1-2H3,(H,12,14)(H,15,16). The van der Waals surface area contributed by atoms with E-state index in [1.54, 1.807) is 0 Å². The number of aliphatic carboxylic acids is 1. The van der Waals surface area contributed by atoms with Crippen LogP contribution >= 0.6 is 0 Å². The van der Waals surface area contributed by atoms with Gasteiger partial charge in [-0.1, -0.05) is 0 Å². The third kappa shape index (κ3) is 2.82. The molecule has 0 aliphatic heterocycles. The molecule has 1 saturated carbocycles. The Morgan fingerprint density at radius 2 is 1.81 bits per heavy atom. The van der Waals surface area contributed by atoms with Crippen molar-refractivity contribution in [1.82, 2.24) is 5.32 Å². The van der Waals surface area contributed by atoms with Crippen molar-refractivity contribution < 1.29 is 19.8 Å². The molecule has 0 aromatic heterocycles. The Morgan fingerprint density at radius 3 is 2.19 bits per heavy atom. The zero-order chi connectivity index (χ0) is 12.3. The molecule has 1 rings (SSSR count). The van der Waals surface area contributed by atoms with Gasteiger partial charge in [-0.25, -0.2) is 4.79 Å². The van der Waals surface area contributed by atoms with Crippen LogP contribution in [-0.2, 0) is 9.59 Å². The van der Waals surface area contributed by atoms with E-state index in [4.69, 9.17) is 10.2 Å². The topological polar surface area (TPSA) is 86.6 Å². The van der Waals surface area contributed by atoms with Crippen LogP contribution in [0.25, 0.3) is 0 Å². The van der Waals surface area contributed by atoms with Crippen LogP contribution in [0.2, 0.25) is 0 Å². The molecule has 90 valence electrons. The highest BCUT2D eigenvalue weighted by Gasteiger charge is 2.42. The first-order valence-corrected chi connectivity index (χ1v) is 5.22. The van der Waals surface area contributed by atoms with Crippen LogP contribution in [0.15, 0.2) is 11.1 Å². The fraction of sp³-hybridized carbons (Fsp3) is 0.636. The van der Waals surface area contributed by atoms with Crippen LogP contribution in [-0.4, -0.2) is 35.2 Å². The van der Waals surface area contributed by atoms with Crippen molar-refractivity contribution >= 4 is 11.9 Å². The minimum Gasteiger partial charge on any atom is -0.478 e. The summed E-state index contributed by atoms with van der Waals surface area (Å²) in [5.41, 5.74) is 0.0974. The average molecular weight is 227 g/mol. The molecule has 1 amide bonds. The first-order chi connectivity index (χ1) is 7.42. The second-order valence-electron chi connectivity index (χ2n) is 4.40. The van der Waals surface area contributed by atoms with Gasteiger partial charge in [0.25, 0.3) is 0 Å². The Labute approximate surface area is 94.2 Å². The van der Waals surface area contributed by atoms with Crippen LogP contribution < -0.4 is 5.32 Å². The first kappa shape index (κ1) is 12.7. The summed E-state index contributed by atoms with van der Waals surface area (Å²) in [5, 5.41) is 20.4. The molecule has 3 N–H and O–H groups in total. The van der Waals surface area contributed by atoms with E-state index in [1.165, 1.54) is 13.8 Å². The van der Waals surface area contributed by atoms with Gasteiger partial charge in [0.15, 0.2) is 0 Å². The van der Waals surface area contributed by atoms with Crippen molar-refractivity contribution in [2.24, 2.45) is 5.41 Å². The lowest BCUT2D eigenvalue weighted by Gasteiger charge is -2.13. The Kier molecular flexibility index (Phi) is 3.70. The number of hydrogen-bond acceptors (Lipinski definition) is 3. The number of amides is 1. The van der Waals surface area contributed by atoms with Crippen molar-refractivity contribution in [3.63, 3.8) is 0 Å². The van der Waals surface area contributed by atoms with Crippen LogP contribution in [0.3, 0.4) is 0 Å². The molecule has 0 saturated heterocycles. The van der Waals surface area contributed by atoms with Crippen molar-refractivity contribution in [2.45, 2.75) is 26.7 Å². The molecule has 0 atom stereocenters. The van der Waals surface area contributed by atoms with Gasteiger partial charge in [-0.2, -0.15) is 0 Å². The van der Waals surface area contributed by atoms with Crippen LogP contribution in [0.4, 0.5) is 0 Å². The zero-order valence-electron chi connectivity index (χ0n) is 9.54. The van der Waals surface area contributed by atoms with E-state index in [-0.39, 0.29) is 29.1 Å². The molecule has 1 aliphatic rings. The predicted octanol–water partition coefficient (Wildman–Crippen LogP) is 0.296. The number of hydrogen-bond donors (Lipinski definition) is 3. The number of carbonyl (C=O) groups excluding carboxylic acids is 1. The fourth-order valence-electron chi connectivity index (χ4n) is 1.30. The van der Waals surface area contributed by atoms with Gasteiger partial charge in [0.1, 0.15) is 0 Å². The molecule has 0 aromatic carbocycles. The van der Waals surface area contributed by atoms with E-state index in [0.29, 0.717) is 6.54 Å². The van der Waals surface area contributed by atoms with E-state index >= 15 is 0 Å². The van der Waals surface area contributed by atoms with E-state index < -0.39 is 5.97 Å². The molecule has 16 heavy (non-hydrogen) atoms. The lowest BCUT2D eigenvalue weighted by Crippen LogP contribution is -2.33. The summed E-state index contributed by atoms with van der Waals surface area (Å²) in [6.45, 7) is 3.36. The molecule has 0 spiro atoms. The quantitative estimate of drug-likeness (QED) is 0.589. The number of nitrogens with one attached hydrogen (secondary N) is 1. The highest BCUT2D eigenvalue weighted by molar-refractivity contribution is 6.01. The number of carboxylic acid groups (broad SMARTS) is 1. The van der Waals surface area contributed by atoms with Crippen LogP contribution in [0, 0.1) is 5.41 Å². The Hall–Kier alpha value is -1.36. The summed E-state index contributed by atoms with van der Waals surface area (Å²) in [6.07, 6.45) is 1.81. The Balaban J connectivity index is 2.53. The largest absolute Gasteiger partial charge is 0.478 e. The highest BCUT2D eigenvalue weighted by Crippen LogP contribution is 2.44. The average Bonchev–Trinajstić information content (AvgIpc) is 3.04. The maximum absolute atomic E-state index is 11.6. The summed E-state index contributed by atoms with van der Waals surface area (Å²) in [5.74, 6) is -1.46. The summed E-state index contributed by atoms with van der Waals surface area (Å²) in [7, 11) is 0. The third-order valence-corrected chi connectivity index (χ3v) is 3.14. The molecule has 0 aromatic rings. The summed E-state index contributed by atoms with van der Waals surface area (Å²) < 4.78 is 0. The van der Waals surface area contributed by atoms with Gasteiger partial charge in [-0.15, -0.1) is 0 Å². The van der Waals surface area contributed by atoms with Crippen molar-refractivity contribution in [3.8, 4) is 0 Å². The predicted molar refractivity (Wildman–Crippen MR) is 57.8 cm³/mol. The van der Waals surface area contributed by atoms with Crippen LogP contribution in [0.1, 0.15) is 26.7 Å². The maximum atomic E-state index is 11.6. The number of aliphatic hydroxyl groups is 1. The van der Waals surface area contributed by atoms with Gasteiger partial charge in [-0.3, -0.25) is 4.79 Å². The third-order valence-electron chi connectivity index (χ3n) is 3.14. The second kappa shape index (κ2) is 4.65. The number of carboxylic acids is 1. The van der Waals surface area contributed by atoms with Crippen LogP contribution in [0.5, 0.6) is 0 Å². The summed E-state index contributed by atoms with van der Waals surface area (Å²) >= 11 is 0. The minimum atomic E-state index is -1.09. The van der Waals surface area contributed by atoms with Gasteiger partial charge < -0.3 is 15.5 Å². The van der Waals surface area contributed by atoms with Crippen molar-refractivity contribution in [2.75, 3.05) is 13.2 Å². The molecular formula is C11H17NO4. The molecule has 1 fully saturated rings. The first-order valence-electron chi connectivity index (χ1n) is 5.22. The van der Waals surface area contributed by atoms with Gasteiger partial charge in [0.05, 0.1) is 6.61 Å². The molecule has 5 heteroatoms. The molecular weight excluding hydrogens is 210 g/mol. The smallest absolute Gasteiger partial charge is 0.331 e. The second-order valence-corrected chi connectivity index (χ2v) is 4.40. The van der Waals surface area contributed by atoms with Crippen molar-refractivity contribution in [3.05, 3.63) is 11.1 Å². The Morgan fingerprint density at radius 1 is 1.25 bits per heavy atom. The van der Waals surface area contributed by atoms with E-state index in [1.807, 2.05) is 0 Å². The molecule has 5 nitrogen and oxygen atoms in total. The Bertz CT molecular complexity index is 342. The zero-order valence-corrected chi connectivity index (χ0v) is 9.54. The summed E-state index contributed by atoms with van der Waals surface area (Å²) in [4.78, 5) is 22.2. The van der Waals surface area contributed by atoms with E-state index in [2.05, 4.69) is 5.32 Å². The SMILES string of the molecule is CC(C(=O)O)=C(C)C(=O)NCC1(CO)CC1. The van der Waals surface area contributed by atoms with E-state index in [0.717, 1.165) is 12.8 Å². The minimum absolute atomic E-state index is 0.0475. The van der Waals surface area contributed by atoms with Gasteiger partial charge >= 0.3 is 5.97 Å². The lowest BCUT2D eigenvalue weighted by atomic mass is 10.1. The fourth-order valence-corrected chi connectivity index (χ4v) is 1.30. The van der Waals surface area contributed by atoms with E-state index in [9.17, 15) is 9.59 Å². The van der Waals surface area contributed by atoms with Gasteiger partial charge in [0, 0.05) is 23.1 Å². The number of aliphatic hydroxyl groups excluding tert-OH is 1. The van der Waals surface area contributed by atoms with Gasteiger partial charge in [-0.05, 0) is 26.7 Å². The molecule has 0 unspecified atom stereocenters. The number of rotatable bonds is 5. The normalized spacial score (nSPS) is 18.7. The lowest BCUT2D eigenvalue weighted by molar-refractivity contribution is -0.133. The molecule has 1 aliphatic carbocycles. The molecule has 0 bridgehead atoms. The molecule has 0 radical (unpaired) electrons. The van der Waals surface area contributed by atoms with Gasteiger partial charge in [0.2, 0.25) is 5.91 Å². The highest BCUT2D eigenvalue weighted by atomic mass is 16.4.